The van der Waals surface area contributed by atoms with Crippen molar-refractivity contribution in [1.82, 2.24) is 4.90 Å². The fourth-order valence-electron chi connectivity index (χ4n) is 4.59. The zero-order valence-corrected chi connectivity index (χ0v) is 15.7. The number of hydrogen-bond donors (Lipinski definition) is 1. The van der Waals surface area contributed by atoms with E-state index in [0.29, 0.717) is 5.75 Å². The first kappa shape index (κ1) is 18.4. The third kappa shape index (κ3) is 2.26. The van der Waals surface area contributed by atoms with Gasteiger partial charge in [-0.2, -0.15) is 0 Å². The number of methoxy groups -OCH3 is 2. The first-order valence-corrected chi connectivity index (χ1v) is 8.70. The number of carbonyl (C=O) groups is 3. The highest BCUT2D eigenvalue weighted by Gasteiger charge is 2.73. The van der Waals surface area contributed by atoms with Crippen molar-refractivity contribution in [3.63, 3.8) is 0 Å². The highest BCUT2D eigenvalue weighted by atomic mass is 16.5. The lowest BCUT2D eigenvalue weighted by molar-refractivity contribution is -0.740. The Hall–Kier alpha value is -2.41. The molecule has 2 saturated heterocycles. The van der Waals surface area contributed by atoms with E-state index in [1.807, 2.05) is 43.4 Å². The SMILES string of the molecule is COC(=O)[C@@]1(C(C)C)[NH2+][C@@H](c2ccccc2OC)[C@H]2C(=O)N(C)C(=O)[C@H]21. The number of imide groups is 1. The monoisotopic (exact) mass is 361 g/mol. The molecule has 2 aliphatic rings. The Morgan fingerprint density at radius 3 is 2.42 bits per heavy atom. The Labute approximate surface area is 152 Å². The van der Waals surface area contributed by atoms with E-state index in [9.17, 15) is 14.4 Å². The molecule has 1 aromatic carbocycles. The number of carbonyl (C=O) groups excluding carboxylic acids is 3. The van der Waals surface area contributed by atoms with Crippen LogP contribution in [0.3, 0.4) is 0 Å². The molecular formula is C19H25N2O5+. The fourth-order valence-corrected chi connectivity index (χ4v) is 4.59. The highest BCUT2D eigenvalue weighted by molar-refractivity contribution is 6.08. The average molecular weight is 361 g/mol. The van der Waals surface area contributed by atoms with Gasteiger partial charge >= 0.3 is 5.97 Å². The Morgan fingerprint density at radius 2 is 1.85 bits per heavy atom. The van der Waals surface area contributed by atoms with Gasteiger partial charge in [0.2, 0.25) is 17.4 Å². The number of nitrogens with two attached hydrogens (primary N) is 1. The number of rotatable bonds is 4. The highest BCUT2D eigenvalue weighted by Crippen LogP contribution is 2.47. The van der Waals surface area contributed by atoms with Gasteiger partial charge in [0.05, 0.1) is 19.8 Å². The van der Waals surface area contributed by atoms with E-state index in [2.05, 4.69) is 0 Å². The number of fused-ring (bicyclic) bond motifs is 1. The largest absolute Gasteiger partial charge is 0.496 e. The average Bonchev–Trinajstić information content (AvgIpc) is 3.12. The Balaban J connectivity index is 2.21. The molecule has 2 heterocycles. The molecule has 3 rings (SSSR count). The van der Waals surface area contributed by atoms with Crippen LogP contribution in [0.2, 0.25) is 0 Å². The van der Waals surface area contributed by atoms with E-state index in [1.54, 1.807) is 7.11 Å². The molecular weight excluding hydrogens is 336 g/mol. The number of quaternary nitrogens is 1. The topological polar surface area (TPSA) is 89.5 Å². The Bertz CT molecular complexity index is 762. The van der Waals surface area contributed by atoms with Crippen LogP contribution >= 0.6 is 0 Å². The molecule has 0 bridgehead atoms. The van der Waals surface area contributed by atoms with Gasteiger partial charge in [-0.1, -0.05) is 26.0 Å². The predicted octanol–water partition coefficient (Wildman–Crippen LogP) is 0.112. The quantitative estimate of drug-likeness (QED) is 0.607. The van der Waals surface area contributed by atoms with E-state index >= 15 is 0 Å². The van der Waals surface area contributed by atoms with Crippen LogP contribution in [-0.4, -0.2) is 49.5 Å². The number of nitrogens with zero attached hydrogens (tertiary/aromatic N) is 1. The number of amides is 2. The zero-order chi connectivity index (χ0) is 19.2. The van der Waals surface area contributed by atoms with Crippen molar-refractivity contribution in [2.45, 2.75) is 25.4 Å². The van der Waals surface area contributed by atoms with E-state index in [-0.39, 0.29) is 17.7 Å². The summed E-state index contributed by atoms with van der Waals surface area (Å²) in [6.45, 7) is 3.76. The number of benzene rings is 1. The van der Waals surface area contributed by atoms with Crippen molar-refractivity contribution < 1.29 is 29.2 Å². The van der Waals surface area contributed by atoms with Gasteiger partial charge in [0.1, 0.15) is 23.6 Å². The van der Waals surface area contributed by atoms with Crippen LogP contribution in [0.25, 0.3) is 0 Å². The molecule has 0 aromatic heterocycles. The smallest absolute Gasteiger partial charge is 0.368 e. The van der Waals surface area contributed by atoms with Gasteiger partial charge in [0, 0.05) is 13.0 Å². The Morgan fingerprint density at radius 1 is 1.19 bits per heavy atom. The zero-order valence-electron chi connectivity index (χ0n) is 15.7. The molecule has 1 aromatic rings. The standard InChI is InChI=1S/C19H24N2O5/c1-10(2)19(18(24)26-5)14-13(16(22)21(3)17(14)23)15(20-19)11-8-6-7-9-12(11)25-4/h6-10,13-15,20H,1-5H3/p+1/t13-,14-,15-,19-/m0/s1. The minimum Gasteiger partial charge on any atom is -0.496 e. The number of hydrogen-bond acceptors (Lipinski definition) is 5. The molecule has 0 aliphatic carbocycles. The maximum absolute atomic E-state index is 12.9. The molecule has 26 heavy (non-hydrogen) atoms. The van der Waals surface area contributed by atoms with Gasteiger partial charge in [-0.3, -0.25) is 14.5 Å². The maximum Gasteiger partial charge on any atom is 0.368 e. The maximum atomic E-state index is 12.9. The minimum atomic E-state index is -1.15. The number of esters is 1. The fraction of sp³-hybridized carbons (Fsp3) is 0.526. The summed E-state index contributed by atoms with van der Waals surface area (Å²) in [5.74, 6) is -2.03. The lowest BCUT2D eigenvalue weighted by Crippen LogP contribution is -2.99. The molecule has 0 spiro atoms. The molecule has 140 valence electrons. The lowest BCUT2D eigenvalue weighted by Gasteiger charge is -2.32. The van der Waals surface area contributed by atoms with Crippen LogP contribution in [0, 0.1) is 17.8 Å². The van der Waals surface area contributed by atoms with Crippen LogP contribution in [0.5, 0.6) is 5.75 Å². The van der Waals surface area contributed by atoms with E-state index in [4.69, 9.17) is 9.47 Å². The summed E-state index contributed by atoms with van der Waals surface area (Å²) in [7, 11) is 4.36. The summed E-state index contributed by atoms with van der Waals surface area (Å²) in [6.07, 6.45) is 0. The minimum absolute atomic E-state index is 0.203. The Kier molecular flexibility index (Phi) is 4.52. The van der Waals surface area contributed by atoms with Crippen LogP contribution in [0.1, 0.15) is 25.5 Å². The van der Waals surface area contributed by atoms with Gasteiger partial charge in [0.25, 0.3) is 0 Å². The van der Waals surface area contributed by atoms with Crippen LogP contribution < -0.4 is 10.1 Å². The third-order valence-corrected chi connectivity index (χ3v) is 5.92. The van der Waals surface area contributed by atoms with Gasteiger partial charge in [-0.05, 0) is 12.1 Å². The van der Waals surface area contributed by atoms with Gasteiger partial charge in [-0.15, -0.1) is 0 Å². The molecule has 7 heteroatoms. The van der Waals surface area contributed by atoms with Gasteiger partial charge in [-0.25, -0.2) is 4.79 Å². The van der Waals surface area contributed by atoms with E-state index in [0.717, 1.165) is 10.5 Å². The summed E-state index contributed by atoms with van der Waals surface area (Å²) in [5, 5.41) is 1.85. The van der Waals surface area contributed by atoms with Crippen LogP contribution in [0.15, 0.2) is 24.3 Å². The second-order valence-electron chi connectivity index (χ2n) is 7.25. The first-order valence-electron chi connectivity index (χ1n) is 8.70. The van der Waals surface area contributed by atoms with Crippen molar-refractivity contribution in [3.05, 3.63) is 29.8 Å². The molecule has 2 N–H and O–H groups in total. The molecule has 0 unspecified atom stereocenters. The second kappa shape index (κ2) is 6.39. The van der Waals surface area contributed by atoms with E-state index < -0.39 is 29.4 Å². The predicted molar refractivity (Wildman–Crippen MR) is 92.0 cm³/mol. The summed E-state index contributed by atoms with van der Waals surface area (Å²) in [5.41, 5.74) is -0.351. The number of para-hydroxylation sites is 1. The third-order valence-electron chi connectivity index (χ3n) is 5.92. The number of ether oxygens (including phenoxy) is 2. The molecule has 7 nitrogen and oxygen atoms in total. The van der Waals surface area contributed by atoms with Crippen LogP contribution in [0.4, 0.5) is 0 Å². The van der Waals surface area contributed by atoms with Crippen LogP contribution in [-0.2, 0) is 19.1 Å². The summed E-state index contributed by atoms with van der Waals surface area (Å²) in [4.78, 5) is 39.8. The van der Waals surface area contributed by atoms with Crippen molar-refractivity contribution in [2.24, 2.45) is 17.8 Å². The lowest BCUT2D eigenvalue weighted by atomic mass is 9.73. The summed E-state index contributed by atoms with van der Waals surface area (Å²) in [6, 6.07) is 6.99. The molecule has 4 atom stereocenters. The molecule has 2 aliphatic heterocycles. The summed E-state index contributed by atoms with van der Waals surface area (Å²) < 4.78 is 10.5. The molecule has 2 amide bonds. The first-order chi connectivity index (χ1) is 12.3. The molecule has 0 radical (unpaired) electrons. The normalized spacial score (nSPS) is 30.7. The van der Waals surface area contributed by atoms with Crippen molar-refractivity contribution >= 4 is 17.8 Å². The summed E-state index contributed by atoms with van der Waals surface area (Å²) >= 11 is 0. The van der Waals surface area contributed by atoms with Crippen molar-refractivity contribution in [2.75, 3.05) is 21.3 Å². The molecule has 0 saturated carbocycles. The van der Waals surface area contributed by atoms with Crippen molar-refractivity contribution in [3.8, 4) is 5.75 Å². The second-order valence-corrected chi connectivity index (χ2v) is 7.25. The number of likely N-dealkylation sites (tertiary alicyclic amines) is 1. The van der Waals surface area contributed by atoms with E-state index in [1.165, 1.54) is 14.2 Å². The van der Waals surface area contributed by atoms with Crippen molar-refractivity contribution in [1.29, 1.82) is 0 Å². The van der Waals surface area contributed by atoms with Gasteiger partial charge in [0.15, 0.2) is 0 Å². The van der Waals surface area contributed by atoms with Gasteiger partial charge < -0.3 is 14.8 Å². The molecule has 2 fully saturated rings.